The van der Waals surface area contributed by atoms with Crippen LogP contribution in [0.4, 0.5) is 0 Å². The molecule has 0 radical (unpaired) electrons. The van der Waals surface area contributed by atoms with Crippen LogP contribution in [0.3, 0.4) is 0 Å². The summed E-state index contributed by atoms with van der Waals surface area (Å²) in [6.45, 7) is 6.60. The summed E-state index contributed by atoms with van der Waals surface area (Å²) >= 11 is 0. The van der Waals surface area contributed by atoms with Crippen LogP contribution in [0.15, 0.2) is 65.6 Å². The van der Waals surface area contributed by atoms with Gasteiger partial charge in [-0.25, -0.2) is 0 Å². The van der Waals surface area contributed by atoms with Gasteiger partial charge >= 0.3 is 0 Å². The minimum Gasteiger partial charge on any atom is -0.354 e. The van der Waals surface area contributed by atoms with Crippen molar-refractivity contribution in [2.24, 2.45) is 0 Å². The van der Waals surface area contributed by atoms with Crippen molar-refractivity contribution in [1.82, 2.24) is 19.7 Å². The predicted octanol–water partition coefficient (Wildman–Crippen LogP) is 3.47. The van der Waals surface area contributed by atoms with Crippen molar-refractivity contribution in [3.8, 4) is 5.69 Å². The van der Waals surface area contributed by atoms with E-state index in [0.29, 0.717) is 17.6 Å². The van der Waals surface area contributed by atoms with E-state index >= 15 is 0 Å². The Morgan fingerprint density at radius 1 is 0.968 bits per heavy atom. The molecule has 1 N–H and O–H groups in total. The van der Waals surface area contributed by atoms with Crippen molar-refractivity contribution in [2.75, 3.05) is 6.54 Å². The van der Waals surface area contributed by atoms with E-state index in [0.717, 1.165) is 23.2 Å². The van der Waals surface area contributed by atoms with Gasteiger partial charge in [0.15, 0.2) is 0 Å². The molecule has 0 aliphatic rings. The largest absolute Gasteiger partial charge is 0.354 e. The standard InChI is InChI=1S/C25H26N4O2/c1-17-9-11-20(12-10-17)13-14-26-23(30)16-28-18(2)22-15-27-29(21-7-5-4-6-8-21)25(31)24(22)19(28)3/h4-12,15H,13-14,16H2,1-3H3,(H,26,30). The van der Waals surface area contributed by atoms with Gasteiger partial charge in [-0.2, -0.15) is 9.78 Å². The van der Waals surface area contributed by atoms with Crippen molar-refractivity contribution in [3.05, 3.63) is 93.7 Å². The number of nitrogens with zero attached hydrogens (tertiary/aromatic N) is 3. The number of amides is 1. The molecule has 0 spiro atoms. The molecule has 6 nitrogen and oxygen atoms in total. The van der Waals surface area contributed by atoms with Crippen molar-refractivity contribution in [3.63, 3.8) is 0 Å². The zero-order chi connectivity index (χ0) is 22.0. The molecule has 4 aromatic rings. The molecule has 0 bridgehead atoms. The summed E-state index contributed by atoms with van der Waals surface area (Å²) in [5.41, 5.74) is 4.59. The van der Waals surface area contributed by atoms with Gasteiger partial charge in [-0.15, -0.1) is 0 Å². The summed E-state index contributed by atoms with van der Waals surface area (Å²) in [5, 5.41) is 8.72. The smallest absolute Gasteiger partial charge is 0.281 e. The molecule has 0 atom stereocenters. The molecule has 4 rings (SSSR count). The number of carbonyl (C=O) groups is 1. The average Bonchev–Trinajstić information content (AvgIpc) is 3.01. The lowest BCUT2D eigenvalue weighted by Gasteiger charge is -2.10. The summed E-state index contributed by atoms with van der Waals surface area (Å²) < 4.78 is 3.30. The summed E-state index contributed by atoms with van der Waals surface area (Å²) in [6.07, 6.45) is 2.49. The van der Waals surface area contributed by atoms with Crippen LogP contribution in [0.25, 0.3) is 16.5 Å². The number of benzene rings is 2. The van der Waals surface area contributed by atoms with Gasteiger partial charge < -0.3 is 9.88 Å². The minimum atomic E-state index is -0.178. The fraction of sp³-hybridized carbons (Fsp3) is 0.240. The fourth-order valence-electron chi connectivity index (χ4n) is 3.90. The number of aryl methyl sites for hydroxylation is 3. The summed E-state index contributed by atoms with van der Waals surface area (Å²) in [5.74, 6) is -0.0741. The van der Waals surface area contributed by atoms with Gasteiger partial charge in [-0.05, 0) is 44.9 Å². The lowest BCUT2D eigenvalue weighted by Crippen LogP contribution is -2.30. The van der Waals surface area contributed by atoms with E-state index in [1.54, 1.807) is 6.20 Å². The molecular formula is C25H26N4O2. The maximum atomic E-state index is 13.1. The Kier molecular flexibility index (Phi) is 5.71. The van der Waals surface area contributed by atoms with Crippen molar-refractivity contribution >= 4 is 16.7 Å². The van der Waals surface area contributed by atoms with Crippen molar-refractivity contribution in [1.29, 1.82) is 0 Å². The fourth-order valence-corrected chi connectivity index (χ4v) is 3.90. The van der Waals surface area contributed by atoms with Crippen molar-refractivity contribution < 1.29 is 4.79 Å². The van der Waals surface area contributed by atoms with Crippen LogP contribution in [0.5, 0.6) is 0 Å². The van der Waals surface area contributed by atoms with Gasteiger partial charge in [0, 0.05) is 23.3 Å². The average molecular weight is 415 g/mol. The minimum absolute atomic E-state index is 0.0741. The highest BCUT2D eigenvalue weighted by Crippen LogP contribution is 2.22. The second-order valence-electron chi connectivity index (χ2n) is 7.83. The van der Waals surface area contributed by atoms with Crippen LogP contribution in [0.1, 0.15) is 22.5 Å². The molecule has 2 heterocycles. The maximum Gasteiger partial charge on any atom is 0.281 e. The Labute approximate surface area is 181 Å². The first-order valence-electron chi connectivity index (χ1n) is 10.4. The molecular weight excluding hydrogens is 388 g/mol. The monoisotopic (exact) mass is 414 g/mol. The van der Waals surface area contributed by atoms with Gasteiger partial charge in [0.25, 0.3) is 5.56 Å². The zero-order valence-electron chi connectivity index (χ0n) is 18.1. The highest BCUT2D eigenvalue weighted by Gasteiger charge is 2.18. The Bertz CT molecular complexity index is 1290. The first kappa shape index (κ1) is 20.6. The number of para-hydroxylation sites is 1. The summed E-state index contributed by atoms with van der Waals surface area (Å²) in [6, 6.07) is 17.7. The van der Waals surface area contributed by atoms with E-state index in [4.69, 9.17) is 0 Å². The first-order valence-corrected chi connectivity index (χ1v) is 10.4. The van der Waals surface area contributed by atoms with Gasteiger partial charge in [0.05, 0.1) is 17.3 Å². The number of fused-ring (bicyclic) bond motifs is 1. The Morgan fingerprint density at radius 3 is 2.39 bits per heavy atom. The zero-order valence-corrected chi connectivity index (χ0v) is 18.1. The lowest BCUT2D eigenvalue weighted by molar-refractivity contribution is -0.121. The van der Waals surface area contributed by atoms with Gasteiger partial charge in [0.2, 0.25) is 5.91 Å². The van der Waals surface area contributed by atoms with E-state index in [1.165, 1.54) is 15.8 Å². The molecule has 0 aliphatic carbocycles. The number of carbonyl (C=O) groups excluding carboxylic acids is 1. The summed E-state index contributed by atoms with van der Waals surface area (Å²) in [7, 11) is 0. The number of hydrogen-bond acceptors (Lipinski definition) is 3. The van der Waals surface area contributed by atoms with Crippen LogP contribution in [0.2, 0.25) is 0 Å². The van der Waals surface area contributed by atoms with E-state index in [-0.39, 0.29) is 18.0 Å². The number of rotatable bonds is 6. The lowest BCUT2D eigenvalue weighted by atomic mass is 10.1. The summed E-state index contributed by atoms with van der Waals surface area (Å²) in [4.78, 5) is 25.7. The molecule has 0 aliphatic heterocycles. The molecule has 0 fully saturated rings. The highest BCUT2D eigenvalue weighted by atomic mass is 16.2. The van der Waals surface area contributed by atoms with Gasteiger partial charge in [-0.1, -0.05) is 48.0 Å². The van der Waals surface area contributed by atoms with E-state index < -0.39 is 0 Å². The maximum absolute atomic E-state index is 13.1. The molecule has 158 valence electrons. The van der Waals surface area contributed by atoms with Crippen LogP contribution >= 0.6 is 0 Å². The third-order valence-electron chi connectivity index (χ3n) is 5.70. The van der Waals surface area contributed by atoms with E-state index in [9.17, 15) is 9.59 Å². The van der Waals surface area contributed by atoms with Crippen LogP contribution in [0, 0.1) is 20.8 Å². The second-order valence-corrected chi connectivity index (χ2v) is 7.83. The number of hydrogen-bond donors (Lipinski definition) is 1. The molecule has 6 heteroatoms. The molecule has 0 unspecified atom stereocenters. The van der Waals surface area contributed by atoms with Gasteiger partial charge in [-0.3, -0.25) is 9.59 Å². The van der Waals surface area contributed by atoms with Crippen molar-refractivity contribution in [2.45, 2.75) is 33.7 Å². The Balaban J connectivity index is 1.53. The molecule has 2 aromatic heterocycles. The predicted molar refractivity (Wildman–Crippen MR) is 123 cm³/mol. The third kappa shape index (κ3) is 4.14. The van der Waals surface area contributed by atoms with Crippen LogP contribution in [-0.4, -0.2) is 26.8 Å². The molecule has 2 aromatic carbocycles. The highest BCUT2D eigenvalue weighted by molar-refractivity contribution is 5.88. The third-order valence-corrected chi connectivity index (χ3v) is 5.70. The Hall–Kier alpha value is -3.67. The van der Waals surface area contributed by atoms with Gasteiger partial charge in [0.1, 0.15) is 6.54 Å². The van der Waals surface area contributed by atoms with Crippen LogP contribution < -0.4 is 10.9 Å². The first-order chi connectivity index (χ1) is 15.0. The molecule has 31 heavy (non-hydrogen) atoms. The van der Waals surface area contributed by atoms with Crippen LogP contribution in [-0.2, 0) is 17.8 Å². The number of nitrogens with one attached hydrogen (secondary N) is 1. The van der Waals surface area contributed by atoms with E-state index in [2.05, 4.69) is 41.6 Å². The molecule has 0 saturated carbocycles. The second kappa shape index (κ2) is 8.60. The topological polar surface area (TPSA) is 68.9 Å². The quantitative estimate of drug-likeness (QED) is 0.525. The Morgan fingerprint density at radius 2 is 1.68 bits per heavy atom. The normalized spacial score (nSPS) is 11.1. The number of aromatic nitrogens is 3. The van der Waals surface area contributed by atoms with E-state index in [1.807, 2.05) is 48.7 Å². The SMILES string of the molecule is Cc1ccc(CCNC(=O)Cn2c(C)c3cnn(-c4ccccc4)c(=O)c3c2C)cc1. The molecule has 1 amide bonds. The molecule has 0 saturated heterocycles.